The highest BCUT2D eigenvalue weighted by molar-refractivity contribution is 6.31. The molecule has 4 nitrogen and oxygen atoms in total. The van der Waals surface area contributed by atoms with Gasteiger partial charge in [0.2, 0.25) is 0 Å². The lowest BCUT2D eigenvalue weighted by molar-refractivity contribution is -0.154. The first-order valence-electron chi connectivity index (χ1n) is 6.93. The molecule has 1 heterocycles. The summed E-state index contributed by atoms with van der Waals surface area (Å²) in [6.45, 7) is 2.02. The highest BCUT2D eigenvalue weighted by Crippen LogP contribution is 2.25. The Bertz CT molecular complexity index is 504. The average Bonchev–Trinajstić information content (AvgIpc) is 2.50. The summed E-state index contributed by atoms with van der Waals surface area (Å²) in [6.07, 6.45) is 0.335. The average molecular weight is 316 g/mol. The topological polar surface area (TPSA) is 49.8 Å². The number of hydrogen-bond acceptors (Lipinski definition) is 4. The molecule has 116 valence electrons. The molecule has 0 bridgehead atoms. The van der Waals surface area contributed by atoms with Crippen molar-refractivity contribution in [3.8, 4) is 0 Å². The summed E-state index contributed by atoms with van der Waals surface area (Å²) in [4.78, 5) is 13.5. The molecule has 0 saturated carbocycles. The van der Waals surface area contributed by atoms with Gasteiger partial charge in [0.05, 0.1) is 7.11 Å². The fourth-order valence-corrected chi connectivity index (χ4v) is 2.82. The van der Waals surface area contributed by atoms with Crippen LogP contribution in [-0.4, -0.2) is 42.3 Å². The summed E-state index contributed by atoms with van der Waals surface area (Å²) in [7, 11) is 1.27. The molecular weight excluding hydrogens is 297 g/mol. The van der Waals surface area contributed by atoms with E-state index in [4.69, 9.17) is 11.6 Å². The van der Waals surface area contributed by atoms with Crippen molar-refractivity contribution >= 4 is 17.6 Å². The van der Waals surface area contributed by atoms with E-state index in [0.29, 0.717) is 24.4 Å². The molecule has 0 amide bonds. The lowest BCUT2D eigenvalue weighted by atomic mass is 9.91. The van der Waals surface area contributed by atoms with Crippen molar-refractivity contribution in [3.05, 3.63) is 34.6 Å². The lowest BCUT2D eigenvalue weighted by Gasteiger charge is -2.33. The zero-order valence-corrected chi connectivity index (χ0v) is 12.6. The number of carbonyl (C=O) groups excluding carboxylic acids is 1. The lowest BCUT2D eigenvalue weighted by Crippen LogP contribution is -2.40. The SMILES string of the molecule is COC(=O)C(O)C1CCN(Cc2cc(F)ccc2Cl)CC1. The highest BCUT2D eigenvalue weighted by atomic mass is 35.5. The number of aliphatic hydroxyl groups excluding tert-OH is 1. The van der Waals surface area contributed by atoms with Crippen molar-refractivity contribution in [2.45, 2.75) is 25.5 Å². The predicted octanol–water partition coefficient (Wildman–Crippen LogP) is 2.22. The molecule has 1 saturated heterocycles. The fraction of sp³-hybridized carbons (Fsp3) is 0.533. The number of hydrogen-bond donors (Lipinski definition) is 1. The van der Waals surface area contributed by atoms with Crippen molar-refractivity contribution in [2.75, 3.05) is 20.2 Å². The minimum atomic E-state index is -1.06. The van der Waals surface area contributed by atoms with E-state index in [2.05, 4.69) is 9.64 Å². The molecular formula is C15H19ClFNO3. The van der Waals surface area contributed by atoms with Gasteiger partial charge in [-0.25, -0.2) is 9.18 Å². The second-order valence-electron chi connectivity index (χ2n) is 5.32. The van der Waals surface area contributed by atoms with E-state index < -0.39 is 12.1 Å². The highest BCUT2D eigenvalue weighted by Gasteiger charge is 2.30. The van der Waals surface area contributed by atoms with E-state index in [9.17, 15) is 14.3 Å². The fourth-order valence-electron chi connectivity index (χ4n) is 2.65. The minimum absolute atomic E-state index is 0.0864. The molecule has 1 N–H and O–H groups in total. The molecule has 0 aliphatic carbocycles. The van der Waals surface area contributed by atoms with Crippen LogP contribution in [0.5, 0.6) is 0 Å². The van der Waals surface area contributed by atoms with Crippen molar-refractivity contribution in [3.63, 3.8) is 0 Å². The number of carbonyl (C=O) groups is 1. The van der Waals surface area contributed by atoms with E-state index in [1.165, 1.54) is 19.2 Å². The van der Waals surface area contributed by atoms with Crippen LogP contribution in [0.3, 0.4) is 0 Å². The van der Waals surface area contributed by atoms with Gasteiger partial charge in [-0.05, 0) is 55.6 Å². The number of piperidine rings is 1. The zero-order chi connectivity index (χ0) is 15.4. The van der Waals surface area contributed by atoms with E-state index in [1.54, 1.807) is 6.07 Å². The number of ether oxygens (including phenoxy) is 1. The Hall–Kier alpha value is -1.17. The molecule has 1 fully saturated rings. The first kappa shape index (κ1) is 16.2. The van der Waals surface area contributed by atoms with Gasteiger partial charge in [0.15, 0.2) is 6.10 Å². The molecule has 0 spiro atoms. The second-order valence-corrected chi connectivity index (χ2v) is 5.72. The Labute approximate surface area is 128 Å². The Morgan fingerprint density at radius 1 is 1.52 bits per heavy atom. The summed E-state index contributed by atoms with van der Waals surface area (Å²) in [5, 5.41) is 10.4. The summed E-state index contributed by atoms with van der Waals surface area (Å²) < 4.78 is 17.8. The third-order valence-corrected chi connectivity index (χ3v) is 4.29. The van der Waals surface area contributed by atoms with Crippen LogP contribution in [0.25, 0.3) is 0 Å². The first-order chi connectivity index (χ1) is 10.0. The van der Waals surface area contributed by atoms with E-state index in [-0.39, 0.29) is 11.7 Å². The Kier molecular flexibility index (Phi) is 5.56. The molecule has 1 aromatic carbocycles. The van der Waals surface area contributed by atoms with Gasteiger partial charge >= 0.3 is 5.97 Å². The number of benzene rings is 1. The molecule has 1 unspecified atom stereocenters. The molecule has 6 heteroatoms. The van der Waals surface area contributed by atoms with Crippen LogP contribution in [0, 0.1) is 11.7 Å². The number of rotatable bonds is 4. The summed E-state index contributed by atoms with van der Waals surface area (Å²) >= 11 is 6.06. The number of aliphatic hydroxyl groups is 1. The minimum Gasteiger partial charge on any atom is -0.467 e. The third-order valence-electron chi connectivity index (χ3n) is 3.92. The quantitative estimate of drug-likeness (QED) is 0.866. The first-order valence-corrected chi connectivity index (χ1v) is 7.31. The molecule has 1 aliphatic rings. The third kappa shape index (κ3) is 4.15. The maximum absolute atomic E-state index is 13.2. The van der Waals surface area contributed by atoms with Gasteiger partial charge in [-0.3, -0.25) is 4.90 Å². The van der Waals surface area contributed by atoms with Gasteiger partial charge in [-0.2, -0.15) is 0 Å². The van der Waals surface area contributed by atoms with Crippen molar-refractivity contribution in [1.29, 1.82) is 0 Å². The van der Waals surface area contributed by atoms with Gasteiger partial charge in [0.1, 0.15) is 5.82 Å². The van der Waals surface area contributed by atoms with E-state index in [0.717, 1.165) is 18.7 Å². The van der Waals surface area contributed by atoms with Crippen molar-refractivity contribution in [1.82, 2.24) is 4.90 Å². The summed E-state index contributed by atoms with van der Waals surface area (Å²) in [5.74, 6) is -0.969. The van der Waals surface area contributed by atoms with Crippen LogP contribution in [0.1, 0.15) is 18.4 Å². The standard InChI is InChI=1S/C15H19ClFNO3/c1-21-15(20)14(19)10-4-6-18(7-5-10)9-11-8-12(17)2-3-13(11)16/h2-3,8,10,14,19H,4-7,9H2,1H3. The van der Waals surface area contributed by atoms with Gasteiger partial charge in [0.25, 0.3) is 0 Å². The van der Waals surface area contributed by atoms with Crippen LogP contribution in [0.15, 0.2) is 18.2 Å². The van der Waals surface area contributed by atoms with Gasteiger partial charge in [-0.1, -0.05) is 11.6 Å². The Morgan fingerprint density at radius 3 is 2.81 bits per heavy atom. The predicted molar refractivity (Wildman–Crippen MR) is 77.4 cm³/mol. The van der Waals surface area contributed by atoms with Gasteiger partial charge in [0, 0.05) is 11.6 Å². The molecule has 1 aromatic rings. The van der Waals surface area contributed by atoms with Crippen molar-refractivity contribution < 1.29 is 19.0 Å². The van der Waals surface area contributed by atoms with Crippen molar-refractivity contribution in [2.24, 2.45) is 5.92 Å². The largest absolute Gasteiger partial charge is 0.467 e. The van der Waals surface area contributed by atoms with Crippen LogP contribution < -0.4 is 0 Å². The Balaban J connectivity index is 1.89. The smallest absolute Gasteiger partial charge is 0.334 e. The molecule has 21 heavy (non-hydrogen) atoms. The number of nitrogens with zero attached hydrogens (tertiary/aromatic N) is 1. The number of likely N-dealkylation sites (tertiary alicyclic amines) is 1. The van der Waals surface area contributed by atoms with E-state index >= 15 is 0 Å². The summed E-state index contributed by atoms with van der Waals surface area (Å²) in [5.41, 5.74) is 0.753. The number of esters is 1. The Morgan fingerprint density at radius 2 is 2.19 bits per heavy atom. The van der Waals surface area contributed by atoms with Gasteiger partial charge < -0.3 is 9.84 Å². The molecule has 0 aromatic heterocycles. The van der Waals surface area contributed by atoms with Crippen LogP contribution >= 0.6 is 11.6 Å². The number of halogens is 2. The number of methoxy groups -OCH3 is 1. The molecule has 1 aliphatic heterocycles. The molecule has 2 rings (SSSR count). The normalized spacial score (nSPS) is 18.5. The van der Waals surface area contributed by atoms with E-state index in [1.807, 2.05) is 0 Å². The van der Waals surface area contributed by atoms with Crippen LogP contribution in [0.2, 0.25) is 5.02 Å². The summed E-state index contributed by atoms with van der Waals surface area (Å²) in [6, 6.07) is 4.34. The maximum atomic E-state index is 13.2. The van der Waals surface area contributed by atoms with Crippen LogP contribution in [-0.2, 0) is 16.1 Å². The second kappa shape index (κ2) is 7.20. The zero-order valence-electron chi connectivity index (χ0n) is 11.9. The monoisotopic (exact) mass is 315 g/mol. The van der Waals surface area contributed by atoms with Crippen LogP contribution in [0.4, 0.5) is 4.39 Å². The molecule has 0 radical (unpaired) electrons. The molecule has 1 atom stereocenters. The maximum Gasteiger partial charge on any atom is 0.334 e. The van der Waals surface area contributed by atoms with Gasteiger partial charge in [-0.15, -0.1) is 0 Å².